The summed E-state index contributed by atoms with van der Waals surface area (Å²) in [5.74, 6) is 1.61. The standard InChI is InChI=1S/C39H51ClN14O5/c40-31-7-2-1-6-28(31)19-46-38-48-22-34(54(58)59)36(51-38)45-18-26-4-3-5-27(14-26)23-52(37(42)43)32-13-12-30(55)15-29(32)20-47-39-49-21-33(53(56)57)35(50-39)44-17-25-10-8-24(16-41)9-11-25/h1-2,6-7,12-13,15,21-22,24-27,55H,3-5,8-11,14,16-20,23,41H2,(H3,42,43)(H2,44,47,49,50)(H2,45,46,48,51). The van der Waals surface area contributed by atoms with Crippen molar-refractivity contribution in [3.63, 3.8) is 0 Å². The lowest BCUT2D eigenvalue weighted by atomic mass is 9.81. The molecule has 2 aromatic carbocycles. The van der Waals surface area contributed by atoms with Crippen LogP contribution in [-0.2, 0) is 13.1 Å². The Balaban J connectivity index is 1.09. The van der Waals surface area contributed by atoms with E-state index in [1.165, 1.54) is 18.5 Å². The molecule has 314 valence electrons. The maximum absolute atomic E-state index is 11.9. The van der Waals surface area contributed by atoms with Crippen LogP contribution in [0.15, 0.2) is 54.9 Å². The maximum Gasteiger partial charge on any atom is 0.329 e. The number of nitrogens with two attached hydrogens (primary N) is 2. The molecule has 59 heavy (non-hydrogen) atoms. The van der Waals surface area contributed by atoms with E-state index in [-0.39, 0.29) is 65.0 Å². The monoisotopic (exact) mass is 830 g/mol. The molecule has 0 aliphatic heterocycles. The Morgan fingerprint density at radius 1 is 0.814 bits per heavy atom. The molecular formula is C39H51ClN14O5. The zero-order chi connectivity index (χ0) is 41.9. The highest BCUT2D eigenvalue weighted by Crippen LogP contribution is 2.34. The van der Waals surface area contributed by atoms with Gasteiger partial charge in [0.25, 0.3) is 0 Å². The van der Waals surface area contributed by atoms with Gasteiger partial charge >= 0.3 is 11.4 Å². The predicted molar refractivity (Wildman–Crippen MR) is 228 cm³/mol. The molecule has 4 aromatic rings. The van der Waals surface area contributed by atoms with E-state index >= 15 is 0 Å². The predicted octanol–water partition coefficient (Wildman–Crippen LogP) is 6.46. The van der Waals surface area contributed by atoms with E-state index < -0.39 is 9.85 Å². The Hall–Kier alpha value is -6.08. The fourth-order valence-corrected chi connectivity index (χ4v) is 8.11. The van der Waals surface area contributed by atoms with Crippen LogP contribution in [0.25, 0.3) is 0 Å². The van der Waals surface area contributed by atoms with Crippen molar-refractivity contribution in [3.8, 4) is 5.75 Å². The average molecular weight is 831 g/mol. The molecular weight excluding hydrogens is 780 g/mol. The molecule has 0 saturated heterocycles. The van der Waals surface area contributed by atoms with Gasteiger partial charge in [-0.1, -0.05) is 36.2 Å². The Bertz CT molecular complexity index is 2100. The van der Waals surface area contributed by atoms with Crippen molar-refractivity contribution in [1.29, 1.82) is 5.41 Å². The van der Waals surface area contributed by atoms with Crippen LogP contribution in [0.2, 0.25) is 5.02 Å². The van der Waals surface area contributed by atoms with E-state index in [1.54, 1.807) is 23.1 Å². The highest BCUT2D eigenvalue weighted by Gasteiger charge is 2.28. The first-order valence-electron chi connectivity index (χ1n) is 19.8. The van der Waals surface area contributed by atoms with Gasteiger partial charge in [0.15, 0.2) is 5.96 Å². The summed E-state index contributed by atoms with van der Waals surface area (Å²) < 4.78 is 0. The van der Waals surface area contributed by atoms with Gasteiger partial charge in [0.1, 0.15) is 18.1 Å². The van der Waals surface area contributed by atoms with Gasteiger partial charge in [-0.3, -0.25) is 25.6 Å². The summed E-state index contributed by atoms with van der Waals surface area (Å²) in [6, 6.07) is 12.1. The third-order valence-electron chi connectivity index (χ3n) is 11.2. The quantitative estimate of drug-likeness (QED) is 0.0231. The Kier molecular flexibility index (Phi) is 14.5. The molecule has 6 rings (SSSR count). The number of nitro groups is 2. The van der Waals surface area contributed by atoms with Crippen molar-refractivity contribution < 1.29 is 15.0 Å². The van der Waals surface area contributed by atoms with Crippen LogP contribution in [0.3, 0.4) is 0 Å². The summed E-state index contributed by atoms with van der Waals surface area (Å²) in [7, 11) is 0. The molecule has 10 N–H and O–H groups in total. The van der Waals surface area contributed by atoms with Crippen molar-refractivity contribution >= 4 is 58.2 Å². The van der Waals surface area contributed by atoms with Crippen molar-refractivity contribution in [2.45, 2.75) is 64.5 Å². The van der Waals surface area contributed by atoms with E-state index in [4.69, 9.17) is 28.5 Å². The molecule has 2 fully saturated rings. The van der Waals surface area contributed by atoms with Crippen molar-refractivity contribution in [2.75, 3.05) is 52.3 Å². The largest absolute Gasteiger partial charge is 0.508 e. The van der Waals surface area contributed by atoms with E-state index in [0.717, 1.165) is 56.9 Å². The highest BCUT2D eigenvalue weighted by molar-refractivity contribution is 6.31. The summed E-state index contributed by atoms with van der Waals surface area (Å²) >= 11 is 6.28. The van der Waals surface area contributed by atoms with E-state index in [9.17, 15) is 25.3 Å². The SMILES string of the molecule is N=C(N)N(CC1CCCC(CNc2nc(NCc3ccccc3Cl)ncc2[N+](=O)[O-])C1)c1ccc(O)cc1CNc1ncc([N+](=O)[O-])c(NCC2CCC(CN)CC2)n1. The summed E-state index contributed by atoms with van der Waals surface area (Å²) in [4.78, 5) is 41.5. The van der Waals surface area contributed by atoms with Gasteiger partial charge in [-0.2, -0.15) is 9.97 Å². The number of hydrogen-bond donors (Lipinski definition) is 8. The summed E-state index contributed by atoms with van der Waals surface area (Å²) in [6.45, 7) is 2.54. The zero-order valence-electron chi connectivity index (χ0n) is 32.6. The molecule has 0 radical (unpaired) electrons. The lowest BCUT2D eigenvalue weighted by Gasteiger charge is -2.34. The zero-order valence-corrected chi connectivity index (χ0v) is 33.4. The van der Waals surface area contributed by atoms with Crippen LogP contribution in [0, 0.1) is 49.3 Å². The van der Waals surface area contributed by atoms with Crippen LogP contribution in [0.5, 0.6) is 5.75 Å². The molecule has 0 amide bonds. The normalized spacial score (nSPS) is 19.0. The van der Waals surface area contributed by atoms with E-state index in [1.807, 2.05) is 18.2 Å². The number of halogens is 1. The number of aromatic nitrogens is 4. The Morgan fingerprint density at radius 3 is 1.98 bits per heavy atom. The number of phenols is 1. The first kappa shape index (κ1) is 42.5. The molecule has 2 unspecified atom stereocenters. The van der Waals surface area contributed by atoms with E-state index in [2.05, 4.69) is 41.2 Å². The second-order valence-corrected chi connectivity index (χ2v) is 15.7. The summed E-state index contributed by atoms with van der Waals surface area (Å²) in [5, 5.41) is 55.9. The summed E-state index contributed by atoms with van der Waals surface area (Å²) in [5.41, 5.74) is 13.6. The Morgan fingerprint density at radius 2 is 1.39 bits per heavy atom. The van der Waals surface area contributed by atoms with Gasteiger partial charge in [0.05, 0.1) is 9.85 Å². The van der Waals surface area contributed by atoms with E-state index in [0.29, 0.717) is 60.8 Å². The van der Waals surface area contributed by atoms with Gasteiger partial charge in [0, 0.05) is 43.4 Å². The number of nitrogens with zero attached hydrogens (tertiary/aromatic N) is 7. The molecule has 2 atom stereocenters. The van der Waals surface area contributed by atoms with Crippen LogP contribution in [0.4, 0.5) is 40.6 Å². The molecule has 2 aromatic heterocycles. The second-order valence-electron chi connectivity index (χ2n) is 15.3. The van der Waals surface area contributed by atoms with Gasteiger partial charge < -0.3 is 42.7 Å². The van der Waals surface area contributed by atoms with Gasteiger partial charge in [-0.15, -0.1) is 0 Å². The highest BCUT2D eigenvalue weighted by atomic mass is 35.5. The topological polar surface area (TPSA) is 285 Å². The minimum absolute atomic E-state index is 0.00947. The fourth-order valence-electron chi connectivity index (χ4n) is 7.91. The minimum Gasteiger partial charge on any atom is -0.508 e. The van der Waals surface area contributed by atoms with Crippen LogP contribution in [0.1, 0.15) is 62.5 Å². The van der Waals surface area contributed by atoms with Crippen LogP contribution < -0.4 is 37.6 Å². The van der Waals surface area contributed by atoms with Crippen molar-refractivity contribution in [1.82, 2.24) is 19.9 Å². The lowest BCUT2D eigenvalue weighted by molar-refractivity contribution is -0.384. The molecule has 2 aliphatic carbocycles. The molecule has 2 saturated carbocycles. The molecule has 0 spiro atoms. The third-order valence-corrected chi connectivity index (χ3v) is 11.5. The third kappa shape index (κ3) is 11.5. The minimum atomic E-state index is -0.515. The van der Waals surface area contributed by atoms with Gasteiger partial charge in [-0.05, 0) is 111 Å². The first-order valence-corrected chi connectivity index (χ1v) is 20.2. The number of aromatic hydroxyl groups is 1. The van der Waals surface area contributed by atoms with Crippen molar-refractivity contribution in [2.24, 2.45) is 35.1 Å². The smallest absolute Gasteiger partial charge is 0.329 e. The number of hydrogen-bond acceptors (Lipinski definition) is 15. The number of guanidine groups is 1. The number of anilines is 5. The van der Waals surface area contributed by atoms with Gasteiger partial charge in [-0.25, -0.2) is 9.97 Å². The second kappa shape index (κ2) is 20.1. The van der Waals surface area contributed by atoms with Gasteiger partial charge in [0.2, 0.25) is 23.5 Å². The van der Waals surface area contributed by atoms with Crippen LogP contribution >= 0.6 is 11.6 Å². The molecule has 19 nitrogen and oxygen atoms in total. The number of phenolic OH excluding ortho intramolecular Hbond substituents is 1. The molecule has 2 heterocycles. The maximum atomic E-state index is 11.9. The first-order chi connectivity index (χ1) is 28.5. The fraction of sp³-hybridized carbons (Fsp3) is 0.462. The molecule has 2 aliphatic rings. The van der Waals surface area contributed by atoms with Crippen molar-refractivity contribution in [3.05, 3.63) is 91.2 Å². The van der Waals surface area contributed by atoms with Crippen LogP contribution in [-0.4, -0.2) is 67.0 Å². The Labute approximate surface area is 346 Å². The lowest BCUT2D eigenvalue weighted by Crippen LogP contribution is -2.42. The number of rotatable bonds is 18. The number of benzene rings is 2. The molecule has 20 heteroatoms. The summed E-state index contributed by atoms with van der Waals surface area (Å²) in [6.07, 6.45) is 9.86. The number of nitrogens with one attached hydrogen (secondary N) is 5. The molecule has 0 bridgehead atoms. The average Bonchev–Trinajstić information content (AvgIpc) is 3.23.